The molecule has 2 N–H and O–H groups in total. The molecular weight excluding hydrogens is 483 g/mol. The molecule has 2 aromatic rings. The van der Waals surface area contributed by atoms with Gasteiger partial charge in [0.25, 0.3) is 0 Å². The van der Waals surface area contributed by atoms with Gasteiger partial charge in [-0.15, -0.1) is 24.0 Å². The second-order valence-electron chi connectivity index (χ2n) is 6.47. The second kappa shape index (κ2) is 11.6. The number of ether oxygens (including phenoxy) is 3. The normalized spacial score (nSPS) is 10.7. The van der Waals surface area contributed by atoms with Crippen molar-refractivity contribution < 1.29 is 14.2 Å². The highest BCUT2D eigenvalue weighted by molar-refractivity contribution is 14.0. The van der Waals surface area contributed by atoms with Crippen molar-refractivity contribution >= 4 is 41.3 Å². The lowest BCUT2D eigenvalue weighted by molar-refractivity contribution is 0.324. The first-order valence-corrected chi connectivity index (χ1v) is 8.98. The largest absolute Gasteiger partial charge is 0.493 e. The maximum atomic E-state index is 5.40. The molecule has 0 bridgehead atoms. The third-order valence-corrected chi connectivity index (χ3v) is 4.44. The molecule has 7 nitrogen and oxygen atoms in total. The van der Waals surface area contributed by atoms with Crippen molar-refractivity contribution in [2.24, 2.45) is 4.99 Å². The lowest BCUT2D eigenvalue weighted by atomic mass is 10.1. The van der Waals surface area contributed by atoms with E-state index in [1.165, 1.54) is 16.8 Å². The summed E-state index contributed by atoms with van der Waals surface area (Å²) in [4.78, 5) is 6.39. The zero-order valence-electron chi connectivity index (χ0n) is 18.1. The van der Waals surface area contributed by atoms with Crippen molar-refractivity contribution in [3.05, 3.63) is 41.5 Å². The van der Waals surface area contributed by atoms with Crippen molar-refractivity contribution in [1.29, 1.82) is 0 Å². The topological polar surface area (TPSA) is 67.4 Å². The molecule has 0 aromatic heterocycles. The zero-order valence-corrected chi connectivity index (χ0v) is 20.5. The predicted octanol–water partition coefficient (Wildman–Crippen LogP) is 3.89. The van der Waals surface area contributed by atoms with Gasteiger partial charge >= 0.3 is 0 Å². The maximum Gasteiger partial charge on any atom is 0.203 e. The predicted molar refractivity (Wildman–Crippen MR) is 131 cm³/mol. The van der Waals surface area contributed by atoms with Crippen LogP contribution in [-0.2, 0) is 6.54 Å². The smallest absolute Gasteiger partial charge is 0.203 e. The van der Waals surface area contributed by atoms with Gasteiger partial charge in [0.15, 0.2) is 17.5 Å². The summed E-state index contributed by atoms with van der Waals surface area (Å²) in [7, 11) is 10.6. The number of aryl methyl sites for hydroxylation is 1. The highest BCUT2D eigenvalue weighted by atomic mass is 127. The molecule has 0 aliphatic carbocycles. The summed E-state index contributed by atoms with van der Waals surface area (Å²) in [6.45, 7) is 2.77. The van der Waals surface area contributed by atoms with Crippen LogP contribution in [-0.4, -0.2) is 48.4 Å². The zero-order chi connectivity index (χ0) is 20.7. The number of hydrogen-bond donors (Lipinski definition) is 2. The number of aliphatic imine (C=N–C) groups is 1. The second-order valence-corrected chi connectivity index (χ2v) is 6.47. The highest BCUT2D eigenvalue weighted by Gasteiger charge is 2.14. The first-order chi connectivity index (χ1) is 13.4. The Hall–Kier alpha value is -2.36. The van der Waals surface area contributed by atoms with Gasteiger partial charge in [-0.1, -0.05) is 6.07 Å². The van der Waals surface area contributed by atoms with Crippen molar-refractivity contribution in [3.8, 4) is 17.2 Å². The summed E-state index contributed by atoms with van der Waals surface area (Å²) in [5.41, 5.74) is 4.39. The number of nitrogens with zero attached hydrogens (tertiary/aromatic N) is 2. The fourth-order valence-electron chi connectivity index (χ4n) is 2.80. The van der Waals surface area contributed by atoms with Crippen LogP contribution in [0.2, 0.25) is 0 Å². The Bertz CT molecular complexity index is 816. The van der Waals surface area contributed by atoms with E-state index in [0.717, 1.165) is 5.69 Å². The Labute approximate surface area is 190 Å². The van der Waals surface area contributed by atoms with Crippen LogP contribution in [0.3, 0.4) is 0 Å². The van der Waals surface area contributed by atoms with Gasteiger partial charge in [0.05, 0.1) is 21.3 Å². The van der Waals surface area contributed by atoms with Gasteiger partial charge in [0.1, 0.15) is 0 Å². The van der Waals surface area contributed by atoms with Crippen molar-refractivity contribution in [2.75, 3.05) is 52.7 Å². The molecule has 0 aliphatic rings. The number of halogens is 1. The number of guanidine groups is 1. The molecule has 2 rings (SSSR count). The summed E-state index contributed by atoms with van der Waals surface area (Å²) >= 11 is 0. The lowest BCUT2D eigenvalue weighted by Gasteiger charge is -2.18. The van der Waals surface area contributed by atoms with E-state index >= 15 is 0 Å². The van der Waals surface area contributed by atoms with E-state index < -0.39 is 0 Å². The Kier molecular flexibility index (Phi) is 9.87. The van der Waals surface area contributed by atoms with Crippen LogP contribution >= 0.6 is 24.0 Å². The monoisotopic (exact) mass is 514 g/mol. The minimum absolute atomic E-state index is 0. The van der Waals surface area contributed by atoms with Crippen molar-refractivity contribution in [1.82, 2.24) is 5.32 Å². The minimum Gasteiger partial charge on any atom is -0.493 e. The van der Waals surface area contributed by atoms with Crippen LogP contribution in [0.4, 0.5) is 11.4 Å². The summed E-state index contributed by atoms with van der Waals surface area (Å²) in [6.07, 6.45) is 0. The molecule has 0 saturated carbocycles. The summed E-state index contributed by atoms with van der Waals surface area (Å²) in [5.74, 6) is 2.35. The Morgan fingerprint density at radius 3 is 2.07 bits per heavy atom. The standard InChI is InChI=1S/C21H30N4O3.HI/c1-14-10-17(25(3)4)9-8-15(14)13-23-21(22-2)24-16-11-18(26-5)20(28-7)19(12-16)27-6;/h8-12H,13H2,1-7H3,(H2,22,23,24);1H. The van der Waals surface area contributed by atoms with Crippen LogP contribution in [0.25, 0.3) is 0 Å². The third-order valence-electron chi connectivity index (χ3n) is 4.44. The van der Waals surface area contributed by atoms with Crippen LogP contribution < -0.4 is 29.7 Å². The van der Waals surface area contributed by atoms with Gasteiger partial charge < -0.3 is 29.7 Å². The molecule has 0 fully saturated rings. The van der Waals surface area contributed by atoms with Crippen LogP contribution in [0.15, 0.2) is 35.3 Å². The molecule has 0 spiro atoms. The first kappa shape index (κ1) is 24.7. The Morgan fingerprint density at radius 2 is 1.62 bits per heavy atom. The van der Waals surface area contributed by atoms with E-state index in [0.29, 0.717) is 29.8 Å². The first-order valence-electron chi connectivity index (χ1n) is 8.98. The number of methoxy groups -OCH3 is 3. The number of benzene rings is 2. The fraction of sp³-hybridized carbons (Fsp3) is 0.381. The van der Waals surface area contributed by atoms with Gasteiger partial charge in [-0.2, -0.15) is 0 Å². The molecule has 0 atom stereocenters. The number of nitrogens with one attached hydrogen (secondary N) is 2. The van der Waals surface area contributed by atoms with Crippen LogP contribution in [0.5, 0.6) is 17.2 Å². The number of anilines is 2. The minimum atomic E-state index is 0. The van der Waals surface area contributed by atoms with Crippen LogP contribution in [0.1, 0.15) is 11.1 Å². The Balaban J connectivity index is 0.00000420. The SMILES string of the molecule is CN=C(NCc1ccc(N(C)C)cc1C)Nc1cc(OC)c(OC)c(OC)c1.I. The summed E-state index contributed by atoms with van der Waals surface area (Å²) in [5, 5.41) is 6.60. The van der Waals surface area contributed by atoms with Gasteiger partial charge in [-0.3, -0.25) is 4.99 Å². The molecular formula is C21H31IN4O3. The fourth-order valence-corrected chi connectivity index (χ4v) is 2.80. The highest BCUT2D eigenvalue weighted by Crippen LogP contribution is 2.39. The van der Waals surface area contributed by atoms with E-state index in [9.17, 15) is 0 Å². The molecule has 8 heteroatoms. The van der Waals surface area contributed by atoms with Crippen molar-refractivity contribution in [3.63, 3.8) is 0 Å². The quantitative estimate of drug-likeness (QED) is 0.332. The summed E-state index contributed by atoms with van der Waals surface area (Å²) in [6, 6.07) is 10.1. The number of hydrogen-bond acceptors (Lipinski definition) is 5. The van der Waals surface area contributed by atoms with E-state index in [1.807, 2.05) is 26.2 Å². The van der Waals surface area contributed by atoms with E-state index in [2.05, 4.69) is 45.6 Å². The molecule has 0 amide bonds. The molecule has 2 aromatic carbocycles. The van der Waals surface area contributed by atoms with Gasteiger partial charge in [-0.25, -0.2) is 0 Å². The van der Waals surface area contributed by atoms with E-state index in [1.54, 1.807) is 28.4 Å². The number of rotatable bonds is 7. The molecule has 29 heavy (non-hydrogen) atoms. The van der Waals surface area contributed by atoms with Gasteiger partial charge in [0.2, 0.25) is 5.75 Å². The summed E-state index contributed by atoms with van der Waals surface area (Å²) < 4.78 is 16.2. The average molecular weight is 514 g/mol. The molecule has 0 saturated heterocycles. The average Bonchev–Trinajstić information content (AvgIpc) is 2.70. The van der Waals surface area contributed by atoms with Crippen LogP contribution in [0, 0.1) is 6.92 Å². The molecule has 0 heterocycles. The van der Waals surface area contributed by atoms with Gasteiger partial charge in [-0.05, 0) is 30.2 Å². The lowest BCUT2D eigenvalue weighted by Crippen LogP contribution is -2.30. The molecule has 160 valence electrons. The molecule has 0 unspecified atom stereocenters. The van der Waals surface area contributed by atoms with Crippen molar-refractivity contribution in [2.45, 2.75) is 13.5 Å². The maximum absolute atomic E-state index is 5.40. The third kappa shape index (κ3) is 6.31. The van der Waals surface area contributed by atoms with Gasteiger partial charge in [0, 0.05) is 51.2 Å². The Morgan fingerprint density at radius 1 is 1.00 bits per heavy atom. The van der Waals surface area contributed by atoms with E-state index in [4.69, 9.17) is 14.2 Å². The molecule has 0 radical (unpaired) electrons. The van der Waals surface area contributed by atoms with E-state index in [-0.39, 0.29) is 24.0 Å². The molecule has 0 aliphatic heterocycles.